The van der Waals surface area contributed by atoms with Crippen LogP contribution in [0.5, 0.6) is 0 Å². The highest BCUT2D eigenvalue weighted by Crippen LogP contribution is 2.37. The molecule has 182 valence electrons. The Morgan fingerprint density at radius 3 is 2.62 bits per heavy atom. The van der Waals surface area contributed by atoms with Crippen molar-refractivity contribution >= 4 is 5.91 Å². The van der Waals surface area contributed by atoms with Crippen LogP contribution in [0.1, 0.15) is 66.4 Å². The summed E-state index contributed by atoms with van der Waals surface area (Å²) in [6.45, 7) is 7.32. The van der Waals surface area contributed by atoms with Crippen LogP contribution < -0.4 is 5.32 Å². The fraction of sp³-hybridized carbons (Fsp3) is 0.593. The van der Waals surface area contributed by atoms with Crippen LogP contribution in [0.2, 0.25) is 0 Å². The van der Waals surface area contributed by atoms with E-state index in [0.29, 0.717) is 36.9 Å². The van der Waals surface area contributed by atoms with Crippen molar-refractivity contribution in [2.45, 2.75) is 77.0 Å². The topological polar surface area (TPSA) is 83.2 Å². The number of hydrogen-bond donors (Lipinski definition) is 1. The lowest BCUT2D eigenvalue weighted by Crippen LogP contribution is -2.57. The molecule has 1 saturated heterocycles. The maximum absolute atomic E-state index is 13.5. The lowest BCUT2D eigenvalue weighted by Gasteiger charge is -2.45. The Kier molecular flexibility index (Phi) is 7.70. The molecule has 1 amide bonds. The smallest absolute Gasteiger partial charge is 0.255 e. The first-order chi connectivity index (χ1) is 16.5. The van der Waals surface area contributed by atoms with Crippen LogP contribution >= 0.6 is 0 Å². The molecule has 0 unspecified atom stereocenters. The third-order valence-electron chi connectivity index (χ3n) is 7.80. The standard InChI is InChI=1S/C27H37N5O2/c1-20-7-8-22(17-21(20)2)25-24(18-32(30-25)14-6-13-28)26(33)29-19-27(11-4-5-12-27)31-15-9-23(34-3)10-16-31/h7-8,17-18,23H,4-6,9-12,14-16,19H2,1-3H3,(H,29,33). The van der Waals surface area contributed by atoms with Crippen LogP contribution in [0, 0.1) is 25.2 Å². The van der Waals surface area contributed by atoms with Crippen molar-refractivity contribution in [2.24, 2.45) is 0 Å². The minimum Gasteiger partial charge on any atom is -0.381 e. The van der Waals surface area contributed by atoms with Crippen molar-refractivity contribution in [1.29, 1.82) is 5.26 Å². The Hall–Kier alpha value is -2.69. The van der Waals surface area contributed by atoms with Crippen LogP contribution in [0.25, 0.3) is 11.3 Å². The van der Waals surface area contributed by atoms with Gasteiger partial charge in [-0.1, -0.05) is 25.0 Å². The maximum atomic E-state index is 13.5. The van der Waals surface area contributed by atoms with Crippen LogP contribution in [-0.2, 0) is 11.3 Å². The van der Waals surface area contributed by atoms with E-state index in [0.717, 1.165) is 44.3 Å². The second-order valence-corrected chi connectivity index (χ2v) is 9.90. The molecule has 7 nitrogen and oxygen atoms in total. The highest BCUT2D eigenvalue weighted by atomic mass is 16.5. The summed E-state index contributed by atoms with van der Waals surface area (Å²) in [6.07, 6.45) is 9.26. The summed E-state index contributed by atoms with van der Waals surface area (Å²) in [5.74, 6) is -0.0884. The molecule has 2 aliphatic rings. The number of nitriles is 1. The van der Waals surface area contributed by atoms with Gasteiger partial charge in [0.15, 0.2) is 0 Å². The van der Waals surface area contributed by atoms with E-state index in [9.17, 15) is 4.79 Å². The molecule has 1 saturated carbocycles. The molecule has 1 N–H and O–H groups in total. The van der Waals surface area contributed by atoms with Gasteiger partial charge in [0.25, 0.3) is 5.91 Å². The predicted molar refractivity (Wildman–Crippen MR) is 133 cm³/mol. The Labute approximate surface area is 203 Å². The summed E-state index contributed by atoms with van der Waals surface area (Å²) in [4.78, 5) is 16.1. The molecule has 0 bridgehead atoms. The molecule has 34 heavy (non-hydrogen) atoms. The summed E-state index contributed by atoms with van der Waals surface area (Å²) in [5.41, 5.74) is 4.60. The average molecular weight is 464 g/mol. The number of benzene rings is 1. The van der Waals surface area contributed by atoms with E-state index >= 15 is 0 Å². The minimum atomic E-state index is -0.0884. The SMILES string of the molecule is COC1CCN(C2(CNC(=O)c3cn(CCC#N)nc3-c3ccc(C)c(C)c3)CCCC2)CC1. The molecular formula is C27H37N5O2. The number of likely N-dealkylation sites (tertiary alicyclic amines) is 1. The van der Waals surface area contributed by atoms with E-state index in [1.54, 1.807) is 18.0 Å². The normalized spacial score (nSPS) is 18.6. The van der Waals surface area contributed by atoms with Crippen molar-refractivity contribution < 1.29 is 9.53 Å². The van der Waals surface area contributed by atoms with Gasteiger partial charge in [-0.05, 0) is 56.7 Å². The Morgan fingerprint density at radius 2 is 1.97 bits per heavy atom. The van der Waals surface area contributed by atoms with Gasteiger partial charge in [0.1, 0.15) is 5.69 Å². The number of hydrogen-bond acceptors (Lipinski definition) is 5. The predicted octanol–water partition coefficient (Wildman–Crippen LogP) is 4.23. The zero-order chi connectivity index (χ0) is 24.1. The largest absolute Gasteiger partial charge is 0.381 e. The van der Waals surface area contributed by atoms with Crippen LogP contribution in [0.3, 0.4) is 0 Å². The summed E-state index contributed by atoms with van der Waals surface area (Å²) in [5, 5.41) is 17.0. The zero-order valence-electron chi connectivity index (χ0n) is 20.8. The molecule has 0 spiro atoms. The number of amides is 1. The average Bonchev–Trinajstić information content (AvgIpc) is 3.51. The zero-order valence-corrected chi connectivity index (χ0v) is 20.8. The highest BCUT2D eigenvalue weighted by molar-refractivity contribution is 5.99. The van der Waals surface area contributed by atoms with Gasteiger partial charge >= 0.3 is 0 Å². The number of aryl methyl sites for hydroxylation is 3. The molecule has 2 heterocycles. The van der Waals surface area contributed by atoms with Crippen LogP contribution in [-0.4, -0.2) is 59.0 Å². The van der Waals surface area contributed by atoms with E-state index in [4.69, 9.17) is 15.1 Å². The third-order valence-corrected chi connectivity index (χ3v) is 7.80. The van der Waals surface area contributed by atoms with Crippen molar-refractivity contribution in [1.82, 2.24) is 20.0 Å². The van der Waals surface area contributed by atoms with E-state index in [-0.39, 0.29) is 11.4 Å². The monoisotopic (exact) mass is 463 g/mol. The van der Waals surface area contributed by atoms with Gasteiger partial charge in [0.05, 0.1) is 30.7 Å². The highest BCUT2D eigenvalue weighted by Gasteiger charge is 2.41. The van der Waals surface area contributed by atoms with Gasteiger partial charge in [0, 0.05) is 44.0 Å². The fourth-order valence-corrected chi connectivity index (χ4v) is 5.51. The number of piperidine rings is 1. The van der Waals surface area contributed by atoms with Gasteiger partial charge < -0.3 is 10.1 Å². The molecule has 2 aromatic rings. The van der Waals surface area contributed by atoms with Gasteiger partial charge in [-0.2, -0.15) is 10.4 Å². The Bertz CT molecular complexity index is 1040. The number of carbonyl (C=O) groups is 1. The number of rotatable bonds is 8. The lowest BCUT2D eigenvalue weighted by atomic mass is 9.91. The summed E-state index contributed by atoms with van der Waals surface area (Å²) < 4.78 is 7.29. The number of ether oxygens (including phenoxy) is 1. The van der Waals surface area contributed by atoms with Gasteiger partial charge in [-0.15, -0.1) is 0 Å². The molecule has 7 heteroatoms. The summed E-state index contributed by atoms with van der Waals surface area (Å²) in [6, 6.07) is 8.34. The molecule has 1 aliphatic heterocycles. The van der Waals surface area contributed by atoms with E-state index in [1.807, 2.05) is 6.07 Å². The number of nitrogens with zero attached hydrogens (tertiary/aromatic N) is 4. The maximum Gasteiger partial charge on any atom is 0.255 e. The lowest BCUT2D eigenvalue weighted by molar-refractivity contribution is -0.00271. The van der Waals surface area contributed by atoms with Gasteiger partial charge in [-0.3, -0.25) is 14.4 Å². The molecule has 0 radical (unpaired) electrons. The molecule has 0 atom stereocenters. The Balaban J connectivity index is 1.54. The fourth-order valence-electron chi connectivity index (χ4n) is 5.51. The first-order valence-electron chi connectivity index (χ1n) is 12.5. The van der Waals surface area contributed by atoms with Crippen LogP contribution in [0.4, 0.5) is 0 Å². The third kappa shape index (κ3) is 5.18. The van der Waals surface area contributed by atoms with Crippen LogP contribution in [0.15, 0.2) is 24.4 Å². The van der Waals surface area contributed by atoms with Crippen molar-refractivity contribution in [2.75, 3.05) is 26.7 Å². The molecule has 1 aromatic heterocycles. The van der Waals surface area contributed by atoms with Crippen molar-refractivity contribution in [3.05, 3.63) is 41.1 Å². The minimum absolute atomic E-state index is 0.0335. The van der Waals surface area contributed by atoms with Gasteiger partial charge in [-0.25, -0.2) is 0 Å². The summed E-state index contributed by atoms with van der Waals surface area (Å²) >= 11 is 0. The summed E-state index contributed by atoms with van der Waals surface area (Å²) in [7, 11) is 1.80. The first-order valence-corrected chi connectivity index (χ1v) is 12.5. The van der Waals surface area contributed by atoms with Crippen molar-refractivity contribution in [3.8, 4) is 17.3 Å². The van der Waals surface area contributed by atoms with E-state index in [2.05, 4.69) is 42.3 Å². The number of methoxy groups -OCH3 is 1. The van der Waals surface area contributed by atoms with Gasteiger partial charge in [0.2, 0.25) is 0 Å². The van der Waals surface area contributed by atoms with E-state index < -0.39 is 0 Å². The first kappa shape index (κ1) is 24.4. The second-order valence-electron chi connectivity index (χ2n) is 9.90. The quantitative estimate of drug-likeness (QED) is 0.633. The van der Waals surface area contributed by atoms with E-state index in [1.165, 1.54) is 24.0 Å². The van der Waals surface area contributed by atoms with Crippen molar-refractivity contribution in [3.63, 3.8) is 0 Å². The molecule has 1 aliphatic carbocycles. The number of nitrogens with one attached hydrogen (secondary N) is 1. The number of carbonyl (C=O) groups excluding carboxylic acids is 1. The number of aromatic nitrogens is 2. The Morgan fingerprint density at radius 1 is 1.24 bits per heavy atom. The molecule has 1 aromatic carbocycles. The molecular weight excluding hydrogens is 426 g/mol. The molecule has 2 fully saturated rings. The molecule has 4 rings (SSSR count). The second kappa shape index (κ2) is 10.7.